The second-order valence-corrected chi connectivity index (χ2v) is 12.8. The van der Waals surface area contributed by atoms with Gasteiger partial charge >= 0.3 is 0 Å². The van der Waals surface area contributed by atoms with Gasteiger partial charge in [-0.2, -0.15) is 0 Å². The van der Waals surface area contributed by atoms with Crippen LogP contribution in [0.2, 0.25) is 0 Å². The molecule has 232 valence electrons. The molecule has 0 spiro atoms. The lowest BCUT2D eigenvalue weighted by Crippen LogP contribution is -2.55. The minimum atomic E-state index is -4.30. The van der Waals surface area contributed by atoms with Crippen LogP contribution in [0, 0.1) is 5.82 Å². The SMILES string of the molecule is CCOc1ccc(S(=O)(=O)N(CC(=O)N(Cc2ccc(OC)cc2)[C@@H](CC)C(=O)NC(C)(C)C)c2ccc(F)cc2)cc1. The number of nitrogens with zero attached hydrogens (tertiary/aromatic N) is 2. The van der Waals surface area contributed by atoms with E-state index in [0.29, 0.717) is 18.1 Å². The van der Waals surface area contributed by atoms with Crippen LogP contribution in [-0.2, 0) is 26.2 Å². The highest BCUT2D eigenvalue weighted by molar-refractivity contribution is 7.92. The molecule has 0 aliphatic heterocycles. The summed E-state index contributed by atoms with van der Waals surface area (Å²) in [4.78, 5) is 28.8. The zero-order chi connectivity index (χ0) is 31.8. The zero-order valence-corrected chi connectivity index (χ0v) is 26.3. The second-order valence-electron chi connectivity index (χ2n) is 10.9. The Kier molecular flexibility index (Phi) is 11.2. The van der Waals surface area contributed by atoms with Gasteiger partial charge in [0.25, 0.3) is 10.0 Å². The van der Waals surface area contributed by atoms with E-state index in [0.717, 1.165) is 22.0 Å². The van der Waals surface area contributed by atoms with E-state index in [2.05, 4.69) is 5.32 Å². The maximum absolute atomic E-state index is 14.1. The first-order valence-corrected chi connectivity index (χ1v) is 15.5. The summed E-state index contributed by atoms with van der Waals surface area (Å²) in [7, 11) is -2.75. The Bertz CT molecular complexity index is 1470. The van der Waals surface area contributed by atoms with Gasteiger partial charge in [-0.3, -0.25) is 13.9 Å². The lowest BCUT2D eigenvalue weighted by molar-refractivity contribution is -0.141. The molecule has 0 aromatic heterocycles. The van der Waals surface area contributed by atoms with Gasteiger partial charge < -0.3 is 19.7 Å². The fourth-order valence-corrected chi connectivity index (χ4v) is 5.85. The van der Waals surface area contributed by atoms with Crippen molar-refractivity contribution in [2.24, 2.45) is 0 Å². The second kappa shape index (κ2) is 14.4. The number of rotatable bonds is 13. The van der Waals surface area contributed by atoms with Gasteiger partial charge in [-0.1, -0.05) is 19.1 Å². The molecule has 9 nitrogen and oxygen atoms in total. The molecule has 0 aliphatic carbocycles. The largest absolute Gasteiger partial charge is 0.497 e. The normalized spacial score (nSPS) is 12.3. The van der Waals surface area contributed by atoms with Gasteiger partial charge in [0.05, 0.1) is 24.3 Å². The molecule has 1 atom stereocenters. The zero-order valence-electron chi connectivity index (χ0n) is 25.5. The number of ether oxygens (including phenoxy) is 2. The topological polar surface area (TPSA) is 105 Å². The predicted octanol–water partition coefficient (Wildman–Crippen LogP) is 5.15. The summed E-state index contributed by atoms with van der Waals surface area (Å²) in [6.45, 7) is 8.95. The Labute approximate surface area is 253 Å². The molecule has 0 radical (unpaired) electrons. The molecule has 0 heterocycles. The van der Waals surface area contributed by atoms with E-state index in [1.807, 2.05) is 27.7 Å². The van der Waals surface area contributed by atoms with E-state index in [-0.39, 0.29) is 29.5 Å². The van der Waals surface area contributed by atoms with Crippen LogP contribution in [0.3, 0.4) is 0 Å². The minimum absolute atomic E-state index is 0.0409. The van der Waals surface area contributed by atoms with Crippen molar-refractivity contribution < 1.29 is 31.9 Å². The molecule has 3 aromatic carbocycles. The average Bonchev–Trinajstić information content (AvgIpc) is 2.96. The lowest BCUT2D eigenvalue weighted by Gasteiger charge is -2.34. The van der Waals surface area contributed by atoms with E-state index in [9.17, 15) is 22.4 Å². The standard InChI is InChI=1S/C32H40FN3O6S/c1-7-29(31(38)34-32(3,4)5)35(21-23-9-15-26(41-6)16-10-23)30(37)22-36(25-13-11-24(33)12-14-25)43(39,40)28-19-17-27(18-20-28)42-8-2/h9-20,29H,7-8,21-22H2,1-6H3,(H,34,38)/t29-/m0/s1. The van der Waals surface area contributed by atoms with Crippen molar-refractivity contribution >= 4 is 27.5 Å². The first-order valence-electron chi connectivity index (χ1n) is 14.0. The number of methoxy groups -OCH3 is 1. The highest BCUT2D eigenvalue weighted by atomic mass is 32.2. The van der Waals surface area contributed by atoms with Crippen LogP contribution in [0.15, 0.2) is 77.7 Å². The van der Waals surface area contributed by atoms with Crippen molar-refractivity contribution in [1.29, 1.82) is 0 Å². The summed E-state index contributed by atoms with van der Waals surface area (Å²) in [6, 6.07) is 16.8. The third-order valence-electron chi connectivity index (χ3n) is 6.51. The molecule has 0 fully saturated rings. The van der Waals surface area contributed by atoms with Crippen LogP contribution < -0.4 is 19.1 Å². The number of halogens is 1. The van der Waals surface area contributed by atoms with Crippen LogP contribution in [0.25, 0.3) is 0 Å². The van der Waals surface area contributed by atoms with E-state index in [4.69, 9.17) is 9.47 Å². The van der Waals surface area contributed by atoms with Crippen molar-refractivity contribution in [3.8, 4) is 11.5 Å². The number of sulfonamides is 1. The third-order valence-corrected chi connectivity index (χ3v) is 8.30. The van der Waals surface area contributed by atoms with E-state index in [1.165, 1.54) is 41.3 Å². The number of hydrogen-bond acceptors (Lipinski definition) is 6. The van der Waals surface area contributed by atoms with Gasteiger partial charge in [0.1, 0.15) is 29.9 Å². The Morgan fingerprint density at radius 3 is 2.00 bits per heavy atom. The summed E-state index contributed by atoms with van der Waals surface area (Å²) >= 11 is 0. The molecular weight excluding hydrogens is 573 g/mol. The number of anilines is 1. The van der Waals surface area contributed by atoms with Crippen molar-refractivity contribution in [2.75, 3.05) is 24.6 Å². The molecule has 3 aromatic rings. The van der Waals surface area contributed by atoms with Crippen molar-refractivity contribution in [3.63, 3.8) is 0 Å². The number of carbonyl (C=O) groups excluding carboxylic acids is 2. The van der Waals surface area contributed by atoms with Crippen LogP contribution in [0.4, 0.5) is 10.1 Å². The Morgan fingerprint density at radius 2 is 1.49 bits per heavy atom. The molecule has 0 saturated heterocycles. The van der Waals surface area contributed by atoms with E-state index >= 15 is 0 Å². The number of amides is 2. The van der Waals surface area contributed by atoms with Gasteiger partial charge in [0.15, 0.2) is 0 Å². The average molecular weight is 614 g/mol. The molecule has 0 bridgehead atoms. The van der Waals surface area contributed by atoms with Crippen molar-refractivity contribution in [2.45, 2.75) is 64.1 Å². The third kappa shape index (κ3) is 8.93. The fourth-order valence-electron chi connectivity index (χ4n) is 4.44. The van der Waals surface area contributed by atoms with Gasteiger partial charge in [0.2, 0.25) is 11.8 Å². The first-order chi connectivity index (χ1) is 20.3. The smallest absolute Gasteiger partial charge is 0.264 e. The van der Waals surface area contributed by atoms with Gasteiger partial charge in [0, 0.05) is 12.1 Å². The van der Waals surface area contributed by atoms with E-state index in [1.54, 1.807) is 38.3 Å². The fraction of sp³-hybridized carbons (Fsp3) is 0.375. The van der Waals surface area contributed by atoms with E-state index < -0.39 is 39.9 Å². The van der Waals surface area contributed by atoms with Gasteiger partial charge in [-0.05, 0) is 100 Å². The number of carbonyl (C=O) groups is 2. The van der Waals surface area contributed by atoms with Crippen molar-refractivity contribution in [3.05, 3.63) is 84.2 Å². The summed E-state index contributed by atoms with van der Waals surface area (Å²) in [5.41, 5.74) is 0.260. The first kappa shape index (κ1) is 33.4. The highest BCUT2D eigenvalue weighted by Gasteiger charge is 2.34. The van der Waals surface area contributed by atoms with Crippen LogP contribution in [0.5, 0.6) is 11.5 Å². The molecule has 3 rings (SSSR count). The summed E-state index contributed by atoms with van der Waals surface area (Å²) in [5.74, 6) is -0.403. The van der Waals surface area contributed by atoms with Crippen molar-refractivity contribution in [1.82, 2.24) is 10.2 Å². The quantitative estimate of drug-likeness (QED) is 0.286. The maximum Gasteiger partial charge on any atom is 0.264 e. The van der Waals surface area contributed by atoms with Crippen LogP contribution >= 0.6 is 0 Å². The maximum atomic E-state index is 14.1. The highest BCUT2D eigenvalue weighted by Crippen LogP contribution is 2.27. The lowest BCUT2D eigenvalue weighted by atomic mass is 10.1. The molecule has 11 heteroatoms. The number of hydrogen-bond donors (Lipinski definition) is 1. The molecule has 0 saturated carbocycles. The monoisotopic (exact) mass is 613 g/mol. The molecule has 0 aliphatic rings. The predicted molar refractivity (Wildman–Crippen MR) is 164 cm³/mol. The van der Waals surface area contributed by atoms with Gasteiger partial charge in [-0.15, -0.1) is 0 Å². The molecule has 1 N–H and O–H groups in total. The Hall–Kier alpha value is -4.12. The summed E-state index contributed by atoms with van der Waals surface area (Å²) in [5, 5.41) is 2.93. The number of nitrogens with one attached hydrogen (secondary N) is 1. The minimum Gasteiger partial charge on any atom is -0.497 e. The molecule has 43 heavy (non-hydrogen) atoms. The van der Waals surface area contributed by atoms with Gasteiger partial charge in [-0.25, -0.2) is 12.8 Å². The summed E-state index contributed by atoms with van der Waals surface area (Å²) in [6.07, 6.45) is 0.284. The molecular formula is C32H40FN3O6S. The Morgan fingerprint density at radius 1 is 0.907 bits per heavy atom. The summed E-state index contributed by atoms with van der Waals surface area (Å²) < 4.78 is 53.4. The number of benzene rings is 3. The molecule has 0 unspecified atom stereocenters. The Balaban J connectivity index is 2.05. The van der Waals surface area contributed by atoms with Crippen LogP contribution in [0.1, 0.15) is 46.6 Å². The van der Waals surface area contributed by atoms with Crippen LogP contribution in [-0.4, -0.2) is 57.0 Å². The molecule has 2 amide bonds.